The van der Waals surface area contributed by atoms with Crippen LogP contribution in [-0.2, 0) is 12.8 Å². The lowest BCUT2D eigenvalue weighted by Crippen LogP contribution is -1.92. The number of aromatic hydroxyl groups is 1. The zero-order valence-electron chi connectivity index (χ0n) is 14.7. The van der Waals surface area contributed by atoms with Gasteiger partial charge in [-0.15, -0.1) is 21.8 Å². The van der Waals surface area contributed by atoms with Crippen molar-refractivity contribution in [1.82, 2.24) is 0 Å². The second kappa shape index (κ2) is 10.9. The van der Waals surface area contributed by atoms with Gasteiger partial charge in [0.15, 0.2) is 0 Å². The minimum atomic E-state index is 0.103. The number of hydrogen-bond acceptors (Lipinski definition) is 1. The lowest BCUT2D eigenvalue weighted by Gasteiger charge is -2.11. The molecule has 0 fully saturated rings. The van der Waals surface area contributed by atoms with E-state index in [1.165, 1.54) is 66.8 Å². The number of rotatable bonds is 10. The summed E-state index contributed by atoms with van der Waals surface area (Å²) in [4.78, 5) is 0. The van der Waals surface area contributed by atoms with Gasteiger partial charge in [0, 0.05) is 0 Å². The lowest BCUT2D eigenvalue weighted by atomic mass is 9.95. The van der Waals surface area contributed by atoms with Crippen molar-refractivity contribution in [3.63, 3.8) is 0 Å². The Balaban J connectivity index is 2.07. The second-order valence-corrected chi connectivity index (χ2v) is 10.8. The summed E-state index contributed by atoms with van der Waals surface area (Å²) in [6.07, 6.45) is 8.75. The van der Waals surface area contributed by atoms with E-state index in [0.717, 1.165) is 6.42 Å². The summed E-state index contributed by atoms with van der Waals surface area (Å²) in [5, 5.41) is 9.83. The van der Waals surface area contributed by atoms with E-state index in [2.05, 4.69) is 59.1 Å². The predicted octanol–water partition coefficient (Wildman–Crippen LogP) is 6.05. The van der Waals surface area contributed by atoms with Gasteiger partial charge in [-0.25, -0.2) is 0 Å². The van der Waals surface area contributed by atoms with Gasteiger partial charge >= 0.3 is 0 Å². The number of halogens is 1. The third kappa shape index (κ3) is 6.24. The van der Waals surface area contributed by atoms with Crippen LogP contribution in [0.5, 0.6) is 5.75 Å². The average Bonchev–Trinajstić information content (AvgIpc) is 2.60. The highest BCUT2D eigenvalue weighted by molar-refractivity contribution is 14.1. The van der Waals surface area contributed by atoms with Crippen LogP contribution in [0, 0.1) is 0 Å². The van der Waals surface area contributed by atoms with Crippen LogP contribution in [0.15, 0.2) is 42.5 Å². The molecule has 2 rings (SSSR count). The topological polar surface area (TPSA) is 20.2 Å². The Morgan fingerprint density at radius 3 is 2.42 bits per heavy atom. The molecule has 0 amide bonds. The van der Waals surface area contributed by atoms with Gasteiger partial charge in [0.1, 0.15) is 5.75 Å². The Kier molecular flexibility index (Phi) is 8.89. The van der Waals surface area contributed by atoms with Crippen LogP contribution in [0.4, 0.5) is 0 Å². The monoisotopic (exact) mass is 452 g/mol. The SMILES string of the molecule is CCCCCCc1ccc(-c2ccc(O)cc2CCC[SiH2]I)cc1. The summed E-state index contributed by atoms with van der Waals surface area (Å²) in [6, 6.07) is 16.2. The van der Waals surface area contributed by atoms with Crippen molar-refractivity contribution in [2.75, 3.05) is 0 Å². The molecule has 2 aromatic rings. The van der Waals surface area contributed by atoms with Crippen molar-refractivity contribution in [1.29, 1.82) is 0 Å². The molecule has 0 aliphatic rings. The first-order chi connectivity index (χ1) is 11.7. The molecule has 0 unspecified atom stereocenters. The molecular weight excluding hydrogens is 423 g/mol. The molecule has 2 aromatic carbocycles. The highest BCUT2D eigenvalue weighted by atomic mass is 127. The summed E-state index contributed by atoms with van der Waals surface area (Å²) < 4.78 is 0. The van der Waals surface area contributed by atoms with Crippen molar-refractivity contribution in [2.24, 2.45) is 0 Å². The third-order valence-corrected chi connectivity index (χ3v) is 7.56. The van der Waals surface area contributed by atoms with E-state index in [-0.39, 0.29) is 7.02 Å². The van der Waals surface area contributed by atoms with Gasteiger partial charge in [-0.05, 0) is 53.6 Å². The van der Waals surface area contributed by atoms with Crippen LogP contribution in [0.2, 0.25) is 6.04 Å². The van der Waals surface area contributed by atoms with Crippen molar-refractivity contribution >= 4 is 28.8 Å². The standard InChI is InChI=1S/C21H29IOSi/c1-2-3-4-5-7-17-9-11-18(12-10-17)21-14-13-20(23)16-19(21)8-6-15-24-22/h9-14,16,23H,2-8,15,24H2,1H3. The second-order valence-electron chi connectivity index (χ2n) is 6.50. The van der Waals surface area contributed by atoms with Gasteiger partial charge in [0.25, 0.3) is 0 Å². The van der Waals surface area contributed by atoms with E-state index in [1.807, 2.05) is 12.1 Å². The molecule has 0 saturated heterocycles. The van der Waals surface area contributed by atoms with E-state index in [1.54, 1.807) is 0 Å². The molecule has 130 valence electrons. The first-order valence-corrected chi connectivity index (χ1v) is 15.3. The van der Waals surface area contributed by atoms with Crippen molar-refractivity contribution in [3.05, 3.63) is 53.6 Å². The number of unbranched alkanes of at least 4 members (excludes halogenated alkanes) is 3. The Labute approximate surface area is 161 Å². The van der Waals surface area contributed by atoms with Crippen LogP contribution in [0.1, 0.15) is 50.2 Å². The number of benzene rings is 2. The maximum absolute atomic E-state index is 9.83. The first kappa shape index (κ1) is 19.5. The van der Waals surface area contributed by atoms with Crippen LogP contribution >= 0.6 is 21.8 Å². The number of hydrogen-bond donors (Lipinski definition) is 1. The number of phenols is 1. The fourth-order valence-corrected chi connectivity index (χ4v) is 5.14. The quantitative estimate of drug-likeness (QED) is 0.201. The fraction of sp³-hybridized carbons (Fsp3) is 0.429. The van der Waals surface area contributed by atoms with E-state index in [4.69, 9.17) is 0 Å². The molecule has 0 spiro atoms. The number of aryl methyl sites for hydroxylation is 2. The fourth-order valence-electron chi connectivity index (χ4n) is 3.09. The summed E-state index contributed by atoms with van der Waals surface area (Å²) in [5.41, 5.74) is 5.27. The molecule has 1 N–H and O–H groups in total. The normalized spacial score (nSPS) is 11.4. The Morgan fingerprint density at radius 2 is 1.71 bits per heavy atom. The highest BCUT2D eigenvalue weighted by Gasteiger charge is 2.07. The predicted molar refractivity (Wildman–Crippen MR) is 117 cm³/mol. The zero-order valence-corrected chi connectivity index (χ0v) is 18.3. The van der Waals surface area contributed by atoms with Gasteiger partial charge in [-0.3, -0.25) is 0 Å². The van der Waals surface area contributed by atoms with Gasteiger partial charge in [-0.1, -0.05) is 69.0 Å². The third-order valence-electron chi connectivity index (χ3n) is 4.50. The molecule has 0 heterocycles. The largest absolute Gasteiger partial charge is 0.508 e. The minimum absolute atomic E-state index is 0.103. The molecule has 0 saturated carbocycles. The molecule has 0 aliphatic heterocycles. The lowest BCUT2D eigenvalue weighted by molar-refractivity contribution is 0.474. The summed E-state index contributed by atoms with van der Waals surface area (Å²) in [7, 11) is 0.103. The van der Waals surface area contributed by atoms with Crippen LogP contribution in [-0.4, -0.2) is 12.1 Å². The van der Waals surface area contributed by atoms with Crippen molar-refractivity contribution < 1.29 is 5.11 Å². The Hall–Kier alpha value is -0.813. The van der Waals surface area contributed by atoms with Gasteiger partial charge in [-0.2, -0.15) is 0 Å². The maximum atomic E-state index is 9.83. The van der Waals surface area contributed by atoms with Crippen LogP contribution in [0.25, 0.3) is 11.1 Å². The van der Waals surface area contributed by atoms with Crippen LogP contribution in [0.3, 0.4) is 0 Å². The molecule has 0 bridgehead atoms. The van der Waals surface area contributed by atoms with E-state index in [9.17, 15) is 5.11 Å². The van der Waals surface area contributed by atoms with Gasteiger partial charge in [0.2, 0.25) is 0 Å². The smallest absolute Gasteiger partial charge is 0.115 e. The Bertz CT molecular complexity index is 610. The molecule has 0 radical (unpaired) electrons. The van der Waals surface area contributed by atoms with E-state index >= 15 is 0 Å². The summed E-state index contributed by atoms with van der Waals surface area (Å²) >= 11 is 2.57. The van der Waals surface area contributed by atoms with Crippen molar-refractivity contribution in [2.45, 2.75) is 57.9 Å². The average molecular weight is 452 g/mol. The van der Waals surface area contributed by atoms with E-state index in [0.29, 0.717) is 5.75 Å². The van der Waals surface area contributed by atoms with Crippen LogP contribution < -0.4 is 0 Å². The van der Waals surface area contributed by atoms with Gasteiger partial charge < -0.3 is 5.11 Å². The molecule has 0 atom stereocenters. The highest BCUT2D eigenvalue weighted by Crippen LogP contribution is 2.29. The minimum Gasteiger partial charge on any atom is -0.508 e. The molecule has 0 aliphatic carbocycles. The molecule has 3 heteroatoms. The van der Waals surface area contributed by atoms with E-state index < -0.39 is 0 Å². The zero-order chi connectivity index (χ0) is 17.2. The molecule has 1 nitrogen and oxygen atoms in total. The summed E-state index contributed by atoms with van der Waals surface area (Å²) in [5.74, 6) is 0.382. The number of phenolic OH excluding ortho intramolecular Hbond substituents is 1. The summed E-state index contributed by atoms with van der Waals surface area (Å²) in [6.45, 7) is 2.26. The molecule has 0 aromatic heterocycles. The van der Waals surface area contributed by atoms with Gasteiger partial charge in [0.05, 0.1) is 7.02 Å². The maximum Gasteiger partial charge on any atom is 0.115 e. The molecule has 24 heavy (non-hydrogen) atoms. The van der Waals surface area contributed by atoms with Crippen molar-refractivity contribution in [3.8, 4) is 16.9 Å². The molecular formula is C21H29IOSi. The Morgan fingerprint density at radius 1 is 0.917 bits per heavy atom. The first-order valence-electron chi connectivity index (χ1n) is 9.21.